The van der Waals surface area contributed by atoms with E-state index in [9.17, 15) is 9.59 Å². The first-order chi connectivity index (χ1) is 10.7. The van der Waals surface area contributed by atoms with Gasteiger partial charge < -0.3 is 14.2 Å². The van der Waals surface area contributed by atoms with Gasteiger partial charge in [-0.1, -0.05) is 11.6 Å². The molecule has 0 radical (unpaired) electrons. The van der Waals surface area contributed by atoms with Gasteiger partial charge in [0.25, 0.3) is 5.91 Å². The van der Waals surface area contributed by atoms with Crippen molar-refractivity contribution < 1.29 is 18.4 Å². The van der Waals surface area contributed by atoms with E-state index < -0.39 is 0 Å². The molecule has 22 heavy (non-hydrogen) atoms. The summed E-state index contributed by atoms with van der Waals surface area (Å²) in [4.78, 5) is 22.5. The lowest BCUT2D eigenvalue weighted by atomic mass is 10.1. The number of carbonyl (C=O) groups is 2. The first-order valence-corrected chi connectivity index (χ1v) is 6.75. The van der Waals surface area contributed by atoms with E-state index in [-0.39, 0.29) is 17.4 Å². The molecule has 0 aliphatic rings. The number of carbonyl (C=O) groups excluding carboxylic acids is 2. The van der Waals surface area contributed by atoms with Crippen molar-refractivity contribution in [3.8, 4) is 11.3 Å². The molecule has 110 valence electrons. The minimum atomic E-state index is -0.388. The van der Waals surface area contributed by atoms with E-state index in [2.05, 4.69) is 5.32 Å². The van der Waals surface area contributed by atoms with Gasteiger partial charge in [-0.15, -0.1) is 0 Å². The first-order valence-electron chi connectivity index (χ1n) is 6.37. The number of rotatable bonds is 4. The number of aldehydes is 1. The van der Waals surface area contributed by atoms with Crippen LogP contribution in [0.4, 0.5) is 5.69 Å². The molecule has 0 bridgehead atoms. The van der Waals surface area contributed by atoms with E-state index in [0.717, 1.165) is 0 Å². The standard InChI is InChI=1S/C16H10ClNO4/c17-12-8-10(14-6-4-11(9-19)22-14)3-5-13(12)18-16(20)15-2-1-7-21-15/h1-9H,(H,18,20). The minimum Gasteiger partial charge on any atom is -0.459 e. The Labute approximate surface area is 130 Å². The van der Waals surface area contributed by atoms with Crippen molar-refractivity contribution >= 4 is 29.5 Å². The predicted octanol–water partition coefficient (Wildman–Crippen LogP) is 4.26. The summed E-state index contributed by atoms with van der Waals surface area (Å²) in [6.07, 6.45) is 2.05. The number of amides is 1. The highest BCUT2D eigenvalue weighted by molar-refractivity contribution is 6.34. The van der Waals surface area contributed by atoms with Crippen LogP contribution in [0.2, 0.25) is 5.02 Å². The fraction of sp³-hybridized carbons (Fsp3) is 0. The van der Waals surface area contributed by atoms with Gasteiger partial charge in [-0.2, -0.15) is 0 Å². The molecule has 0 spiro atoms. The van der Waals surface area contributed by atoms with Crippen molar-refractivity contribution in [3.63, 3.8) is 0 Å². The molecule has 1 amide bonds. The lowest BCUT2D eigenvalue weighted by Crippen LogP contribution is -2.11. The fourth-order valence-electron chi connectivity index (χ4n) is 1.93. The number of benzene rings is 1. The first kappa shape index (κ1) is 14.2. The van der Waals surface area contributed by atoms with E-state index in [1.165, 1.54) is 6.26 Å². The van der Waals surface area contributed by atoms with Crippen LogP contribution in [0.5, 0.6) is 0 Å². The lowest BCUT2D eigenvalue weighted by Gasteiger charge is -2.07. The second-order valence-corrected chi connectivity index (χ2v) is 4.85. The van der Waals surface area contributed by atoms with Gasteiger partial charge in [0, 0.05) is 5.56 Å². The topological polar surface area (TPSA) is 72.5 Å². The molecule has 1 aromatic carbocycles. The van der Waals surface area contributed by atoms with Gasteiger partial charge in [-0.25, -0.2) is 0 Å². The molecule has 0 unspecified atom stereocenters. The van der Waals surface area contributed by atoms with Gasteiger partial charge in [0.15, 0.2) is 17.8 Å². The van der Waals surface area contributed by atoms with Crippen molar-refractivity contribution in [2.45, 2.75) is 0 Å². The van der Waals surface area contributed by atoms with Crippen molar-refractivity contribution in [2.24, 2.45) is 0 Å². The van der Waals surface area contributed by atoms with E-state index in [1.807, 2.05) is 0 Å². The van der Waals surface area contributed by atoms with Crippen molar-refractivity contribution in [2.75, 3.05) is 5.32 Å². The third-order valence-electron chi connectivity index (χ3n) is 2.99. The molecule has 0 fully saturated rings. The third-order valence-corrected chi connectivity index (χ3v) is 3.30. The molecule has 0 saturated carbocycles. The smallest absolute Gasteiger partial charge is 0.291 e. The second-order valence-electron chi connectivity index (χ2n) is 4.45. The van der Waals surface area contributed by atoms with Crippen LogP contribution in [0.1, 0.15) is 21.1 Å². The highest BCUT2D eigenvalue weighted by Gasteiger charge is 2.12. The largest absolute Gasteiger partial charge is 0.459 e. The molecular formula is C16H10ClNO4. The summed E-state index contributed by atoms with van der Waals surface area (Å²) in [7, 11) is 0. The Morgan fingerprint density at radius 3 is 2.68 bits per heavy atom. The molecule has 5 nitrogen and oxygen atoms in total. The van der Waals surface area contributed by atoms with Crippen molar-refractivity contribution in [1.29, 1.82) is 0 Å². The molecule has 3 rings (SSSR count). The normalized spacial score (nSPS) is 10.4. The van der Waals surface area contributed by atoms with Crippen LogP contribution in [0, 0.1) is 0 Å². The van der Waals surface area contributed by atoms with Crippen LogP contribution in [0.25, 0.3) is 11.3 Å². The van der Waals surface area contributed by atoms with Crippen molar-refractivity contribution in [3.05, 3.63) is 65.3 Å². The third kappa shape index (κ3) is 2.80. The minimum absolute atomic E-state index is 0.196. The Morgan fingerprint density at radius 2 is 2.05 bits per heavy atom. The Kier molecular flexibility index (Phi) is 3.80. The number of hydrogen-bond donors (Lipinski definition) is 1. The van der Waals surface area contributed by atoms with Gasteiger partial charge in [-0.3, -0.25) is 9.59 Å². The van der Waals surface area contributed by atoms with Gasteiger partial charge >= 0.3 is 0 Å². The molecule has 0 aliphatic carbocycles. The summed E-state index contributed by atoms with van der Waals surface area (Å²) < 4.78 is 10.3. The zero-order valence-corrected chi connectivity index (χ0v) is 12.0. The van der Waals surface area contributed by atoms with Crippen LogP contribution in [-0.4, -0.2) is 12.2 Å². The molecule has 2 heterocycles. The highest BCUT2D eigenvalue weighted by Crippen LogP contribution is 2.30. The zero-order chi connectivity index (χ0) is 15.5. The van der Waals surface area contributed by atoms with Crippen molar-refractivity contribution in [1.82, 2.24) is 0 Å². The molecule has 1 N–H and O–H groups in total. The van der Waals surface area contributed by atoms with Gasteiger partial charge in [-0.05, 0) is 42.5 Å². The van der Waals surface area contributed by atoms with Crippen LogP contribution < -0.4 is 5.32 Å². The molecular weight excluding hydrogens is 306 g/mol. The predicted molar refractivity (Wildman–Crippen MR) is 81.2 cm³/mol. The van der Waals surface area contributed by atoms with E-state index in [1.54, 1.807) is 42.5 Å². The molecule has 6 heteroatoms. The zero-order valence-electron chi connectivity index (χ0n) is 11.2. The average molecular weight is 316 g/mol. The van der Waals surface area contributed by atoms with Crippen LogP contribution in [0.3, 0.4) is 0 Å². The van der Waals surface area contributed by atoms with Crippen LogP contribution in [-0.2, 0) is 0 Å². The lowest BCUT2D eigenvalue weighted by molar-refractivity contribution is 0.0996. The maximum absolute atomic E-state index is 11.9. The van der Waals surface area contributed by atoms with Gasteiger partial charge in [0.05, 0.1) is 17.0 Å². The van der Waals surface area contributed by atoms with E-state index in [0.29, 0.717) is 28.3 Å². The summed E-state index contributed by atoms with van der Waals surface area (Å²) in [5.41, 5.74) is 1.16. The Morgan fingerprint density at radius 1 is 1.18 bits per heavy atom. The summed E-state index contributed by atoms with van der Waals surface area (Å²) in [5.74, 6) is 0.567. The van der Waals surface area contributed by atoms with Gasteiger partial charge in [0.2, 0.25) is 0 Å². The Hall–Kier alpha value is -2.79. The monoisotopic (exact) mass is 315 g/mol. The molecule has 2 aromatic heterocycles. The summed E-state index contributed by atoms with van der Waals surface area (Å²) in [5, 5.41) is 3.00. The van der Waals surface area contributed by atoms with Gasteiger partial charge in [0.1, 0.15) is 5.76 Å². The number of hydrogen-bond acceptors (Lipinski definition) is 4. The average Bonchev–Trinajstić information content (AvgIpc) is 3.20. The van der Waals surface area contributed by atoms with Crippen LogP contribution >= 0.6 is 11.6 Å². The summed E-state index contributed by atoms with van der Waals surface area (Å²) >= 11 is 6.17. The number of nitrogens with one attached hydrogen (secondary N) is 1. The number of furan rings is 2. The Bertz CT molecular complexity index is 821. The number of halogens is 1. The molecule has 0 saturated heterocycles. The molecule has 0 atom stereocenters. The summed E-state index contributed by atoms with van der Waals surface area (Å²) in [6.45, 7) is 0. The van der Waals surface area contributed by atoms with E-state index in [4.69, 9.17) is 20.4 Å². The molecule has 3 aromatic rings. The SMILES string of the molecule is O=Cc1ccc(-c2ccc(NC(=O)c3ccco3)c(Cl)c2)o1. The number of anilines is 1. The Balaban J connectivity index is 1.83. The maximum Gasteiger partial charge on any atom is 0.291 e. The van der Waals surface area contributed by atoms with Crippen LogP contribution in [0.15, 0.2) is 57.6 Å². The second kappa shape index (κ2) is 5.91. The highest BCUT2D eigenvalue weighted by atomic mass is 35.5. The van der Waals surface area contributed by atoms with E-state index >= 15 is 0 Å². The fourth-order valence-corrected chi connectivity index (χ4v) is 2.16. The quantitative estimate of drug-likeness (QED) is 0.730. The summed E-state index contributed by atoms with van der Waals surface area (Å²) in [6, 6.07) is 11.5. The maximum atomic E-state index is 11.9. The molecule has 0 aliphatic heterocycles.